The summed E-state index contributed by atoms with van der Waals surface area (Å²) in [6, 6.07) is 1.15. The standard InChI is InChI=1S/C24H32O6/c1-6-8-9-17(25)16-12-18(26)30-24-19(16)22(28)15(11-10-13(3)4)23(29)20(24)21(27)14(5)7-2/h10,12,14,17,25,28-29H,6-9,11H2,1-5H3/t14-,17-/m0/s1. The van der Waals surface area contributed by atoms with Crippen molar-refractivity contribution in [2.45, 2.75) is 72.8 Å². The highest BCUT2D eigenvalue weighted by Crippen LogP contribution is 2.44. The maximum atomic E-state index is 13.1. The molecule has 0 aliphatic heterocycles. The second-order valence-corrected chi connectivity index (χ2v) is 8.09. The largest absolute Gasteiger partial charge is 0.507 e. The van der Waals surface area contributed by atoms with Crippen molar-refractivity contribution < 1.29 is 24.5 Å². The number of allylic oxidation sites excluding steroid dienone is 2. The average Bonchev–Trinajstić information content (AvgIpc) is 2.70. The van der Waals surface area contributed by atoms with Gasteiger partial charge in [0.15, 0.2) is 11.4 Å². The smallest absolute Gasteiger partial charge is 0.336 e. The molecular weight excluding hydrogens is 384 g/mol. The van der Waals surface area contributed by atoms with E-state index in [1.54, 1.807) is 6.92 Å². The summed E-state index contributed by atoms with van der Waals surface area (Å²) in [5, 5.41) is 32.8. The highest BCUT2D eigenvalue weighted by atomic mass is 16.4. The SMILES string of the molecule is CCCC[C@H](O)c1cc(=O)oc2c(C(=O)[C@@H](C)CC)c(O)c(CC=C(C)C)c(O)c12. The Balaban J connectivity index is 2.95. The Morgan fingerprint density at radius 3 is 2.43 bits per heavy atom. The molecule has 0 aliphatic rings. The Morgan fingerprint density at radius 2 is 1.87 bits per heavy atom. The van der Waals surface area contributed by atoms with Gasteiger partial charge in [-0.05, 0) is 33.1 Å². The predicted octanol–water partition coefficient (Wildman–Crippen LogP) is 5.17. The number of ketones is 1. The number of fused-ring (bicyclic) bond motifs is 1. The van der Waals surface area contributed by atoms with Crippen LogP contribution in [-0.2, 0) is 6.42 Å². The van der Waals surface area contributed by atoms with Crippen LogP contribution in [0.3, 0.4) is 0 Å². The van der Waals surface area contributed by atoms with Crippen LogP contribution in [0.25, 0.3) is 11.0 Å². The van der Waals surface area contributed by atoms with Gasteiger partial charge in [-0.1, -0.05) is 45.3 Å². The molecule has 6 nitrogen and oxygen atoms in total. The van der Waals surface area contributed by atoms with Crippen molar-refractivity contribution in [2.75, 3.05) is 0 Å². The van der Waals surface area contributed by atoms with E-state index in [0.717, 1.165) is 24.5 Å². The molecule has 2 rings (SSSR count). The van der Waals surface area contributed by atoms with Crippen molar-refractivity contribution in [1.82, 2.24) is 0 Å². The molecule has 0 fully saturated rings. The number of carbonyl (C=O) groups is 1. The van der Waals surface area contributed by atoms with Crippen LogP contribution >= 0.6 is 0 Å². The highest BCUT2D eigenvalue weighted by molar-refractivity contribution is 6.12. The number of aromatic hydroxyl groups is 2. The van der Waals surface area contributed by atoms with Gasteiger partial charge < -0.3 is 19.7 Å². The minimum Gasteiger partial charge on any atom is -0.507 e. The topological polar surface area (TPSA) is 108 Å². The van der Waals surface area contributed by atoms with Gasteiger partial charge in [0.05, 0.1) is 11.5 Å². The van der Waals surface area contributed by atoms with Gasteiger partial charge >= 0.3 is 5.63 Å². The maximum Gasteiger partial charge on any atom is 0.336 e. The Hall–Kier alpha value is -2.60. The van der Waals surface area contributed by atoms with E-state index in [9.17, 15) is 24.9 Å². The minimum absolute atomic E-state index is 0.111. The van der Waals surface area contributed by atoms with E-state index in [1.165, 1.54) is 0 Å². The molecule has 0 saturated carbocycles. The number of carbonyl (C=O) groups excluding carboxylic acids is 1. The molecule has 1 heterocycles. The lowest BCUT2D eigenvalue weighted by atomic mass is 9.89. The van der Waals surface area contributed by atoms with Gasteiger partial charge in [-0.3, -0.25) is 4.79 Å². The number of aliphatic hydroxyl groups excluding tert-OH is 1. The molecule has 0 unspecified atom stereocenters. The summed E-state index contributed by atoms with van der Waals surface area (Å²) in [5.41, 5.74) is 0.329. The van der Waals surface area contributed by atoms with Crippen LogP contribution in [0.15, 0.2) is 26.9 Å². The van der Waals surface area contributed by atoms with Gasteiger partial charge in [0, 0.05) is 23.1 Å². The quantitative estimate of drug-likeness (QED) is 0.296. The predicted molar refractivity (Wildman–Crippen MR) is 117 cm³/mol. The first-order valence-electron chi connectivity index (χ1n) is 10.5. The van der Waals surface area contributed by atoms with Gasteiger partial charge in [0.2, 0.25) is 0 Å². The van der Waals surface area contributed by atoms with Crippen molar-refractivity contribution in [1.29, 1.82) is 0 Å². The molecule has 2 atom stereocenters. The monoisotopic (exact) mass is 416 g/mol. The first kappa shape index (κ1) is 23.7. The first-order valence-corrected chi connectivity index (χ1v) is 10.5. The van der Waals surface area contributed by atoms with Crippen molar-refractivity contribution in [3.63, 3.8) is 0 Å². The Labute approximate surface area is 176 Å². The Bertz CT molecular complexity index is 1010. The summed E-state index contributed by atoms with van der Waals surface area (Å²) in [6.07, 6.45) is 3.53. The number of Topliss-reactive ketones (excluding diaryl/α,β-unsaturated/α-hetero) is 1. The van der Waals surface area contributed by atoms with E-state index in [2.05, 4.69) is 0 Å². The molecule has 3 N–H and O–H groups in total. The molecule has 30 heavy (non-hydrogen) atoms. The van der Waals surface area contributed by atoms with Crippen molar-refractivity contribution in [3.05, 3.63) is 44.8 Å². The lowest BCUT2D eigenvalue weighted by Gasteiger charge is -2.19. The highest BCUT2D eigenvalue weighted by Gasteiger charge is 2.30. The lowest BCUT2D eigenvalue weighted by Crippen LogP contribution is -2.14. The zero-order valence-electron chi connectivity index (χ0n) is 18.4. The van der Waals surface area contributed by atoms with E-state index >= 15 is 0 Å². The third-order valence-electron chi connectivity index (χ3n) is 5.48. The fourth-order valence-corrected chi connectivity index (χ4v) is 3.43. The molecule has 0 amide bonds. The van der Waals surface area contributed by atoms with Crippen LogP contribution in [0.4, 0.5) is 0 Å². The van der Waals surface area contributed by atoms with Crippen molar-refractivity contribution in [3.8, 4) is 11.5 Å². The second-order valence-electron chi connectivity index (χ2n) is 8.09. The van der Waals surface area contributed by atoms with E-state index in [4.69, 9.17) is 4.42 Å². The van der Waals surface area contributed by atoms with E-state index in [0.29, 0.717) is 12.8 Å². The van der Waals surface area contributed by atoms with Crippen LogP contribution in [0.2, 0.25) is 0 Å². The molecule has 164 valence electrons. The Kier molecular flexibility index (Phi) is 7.84. The van der Waals surface area contributed by atoms with Crippen LogP contribution < -0.4 is 5.63 Å². The van der Waals surface area contributed by atoms with Gasteiger partial charge in [-0.2, -0.15) is 0 Å². The number of benzene rings is 1. The van der Waals surface area contributed by atoms with Crippen LogP contribution in [-0.4, -0.2) is 21.1 Å². The fraction of sp³-hybridized carbons (Fsp3) is 0.500. The normalized spacial score (nSPS) is 13.3. The number of hydrogen-bond donors (Lipinski definition) is 3. The summed E-state index contributed by atoms with van der Waals surface area (Å²) in [7, 11) is 0. The fourth-order valence-electron chi connectivity index (χ4n) is 3.43. The molecule has 0 aliphatic carbocycles. The third kappa shape index (κ3) is 4.75. The van der Waals surface area contributed by atoms with E-state index < -0.39 is 17.6 Å². The number of rotatable bonds is 9. The summed E-state index contributed by atoms with van der Waals surface area (Å²) in [6.45, 7) is 9.34. The van der Waals surface area contributed by atoms with E-state index in [-0.39, 0.29) is 51.4 Å². The maximum absolute atomic E-state index is 13.1. The summed E-state index contributed by atoms with van der Waals surface area (Å²) >= 11 is 0. The van der Waals surface area contributed by atoms with Gasteiger partial charge in [0.25, 0.3) is 0 Å². The minimum atomic E-state index is -1.00. The first-order chi connectivity index (χ1) is 14.1. The zero-order valence-corrected chi connectivity index (χ0v) is 18.4. The van der Waals surface area contributed by atoms with Gasteiger partial charge in [-0.25, -0.2) is 4.79 Å². The number of aliphatic hydroxyl groups is 1. The van der Waals surface area contributed by atoms with Crippen LogP contribution in [0, 0.1) is 5.92 Å². The summed E-state index contributed by atoms with van der Waals surface area (Å²) < 4.78 is 5.32. The molecule has 0 bridgehead atoms. The molecule has 0 spiro atoms. The number of phenolic OH excluding ortho intramolecular Hbond substituents is 2. The molecule has 0 saturated heterocycles. The molecule has 1 aromatic carbocycles. The lowest BCUT2D eigenvalue weighted by molar-refractivity contribution is 0.0924. The molecule has 1 aromatic heterocycles. The molecule has 2 aromatic rings. The Morgan fingerprint density at radius 1 is 1.20 bits per heavy atom. The number of hydrogen-bond acceptors (Lipinski definition) is 6. The molecule has 6 heteroatoms. The zero-order chi connectivity index (χ0) is 22.6. The van der Waals surface area contributed by atoms with E-state index in [1.807, 2.05) is 33.8 Å². The van der Waals surface area contributed by atoms with Crippen LogP contribution in [0.1, 0.15) is 87.9 Å². The molecule has 0 radical (unpaired) electrons. The number of phenols is 2. The van der Waals surface area contributed by atoms with Gasteiger partial charge in [-0.15, -0.1) is 0 Å². The average molecular weight is 417 g/mol. The number of unbranched alkanes of at least 4 members (excludes halogenated alkanes) is 1. The van der Waals surface area contributed by atoms with Gasteiger partial charge in [0.1, 0.15) is 17.1 Å². The van der Waals surface area contributed by atoms with Crippen molar-refractivity contribution in [2.24, 2.45) is 5.92 Å². The second kappa shape index (κ2) is 9.94. The molecular formula is C24H32O6. The van der Waals surface area contributed by atoms with Crippen molar-refractivity contribution >= 4 is 16.8 Å². The third-order valence-corrected chi connectivity index (χ3v) is 5.48. The summed E-state index contributed by atoms with van der Waals surface area (Å²) in [5.74, 6) is -1.46. The van der Waals surface area contributed by atoms with Crippen LogP contribution in [0.5, 0.6) is 11.5 Å². The summed E-state index contributed by atoms with van der Waals surface area (Å²) in [4.78, 5) is 25.4.